The summed E-state index contributed by atoms with van der Waals surface area (Å²) >= 11 is 7.18. The highest BCUT2D eigenvalue weighted by atomic mass is 127. The predicted octanol–water partition coefficient (Wildman–Crippen LogP) is 4.24. The molecule has 1 heterocycles. The Kier molecular flexibility index (Phi) is 4.32. The third kappa shape index (κ3) is 3.35. The fourth-order valence-corrected chi connectivity index (χ4v) is 3.03. The minimum absolute atomic E-state index is 0.0979. The van der Waals surface area contributed by atoms with Crippen LogP contribution in [0.25, 0.3) is 0 Å². The molecule has 0 unspecified atom stereocenters. The van der Waals surface area contributed by atoms with Crippen LogP contribution in [-0.2, 0) is 6.42 Å². The van der Waals surface area contributed by atoms with Gasteiger partial charge >= 0.3 is 0 Å². The van der Waals surface area contributed by atoms with Gasteiger partial charge in [-0.2, -0.15) is 0 Å². The first-order valence-electron chi connectivity index (χ1n) is 4.95. The molecule has 5 heteroatoms. The summed E-state index contributed by atoms with van der Waals surface area (Å²) in [6, 6.07) is 5.77. The molecule has 1 aromatic carbocycles. The number of carbonyl (C=O) groups is 1. The molecule has 1 aromatic heterocycles. The standard InChI is InChI=1S/C12H9BrINOS/c1-7-15-9(6-17-7)5-12(16)10-4-8(14)2-3-11(10)13/h2-4,6H,5H2,1H3. The number of aromatic nitrogens is 1. The molecule has 0 saturated carbocycles. The van der Waals surface area contributed by atoms with Gasteiger partial charge in [-0.05, 0) is 47.7 Å². The van der Waals surface area contributed by atoms with Gasteiger partial charge in [0.15, 0.2) is 5.78 Å². The topological polar surface area (TPSA) is 30.0 Å². The average Bonchev–Trinajstić information content (AvgIpc) is 2.67. The second-order valence-corrected chi connectivity index (χ2v) is 6.74. The Morgan fingerprint density at radius 1 is 1.53 bits per heavy atom. The first kappa shape index (κ1) is 13.2. The lowest BCUT2D eigenvalue weighted by atomic mass is 10.1. The molecule has 0 atom stereocenters. The molecule has 0 bridgehead atoms. The number of ketones is 1. The minimum Gasteiger partial charge on any atom is -0.294 e. The van der Waals surface area contributed by atoms with Crippen LogP contribution in [-0.4, -0.2) is 10.8 Å². The summed E-state index contributed by atoms with van der Waals surface area (Å²) in [5.74, 6) is 0.0979. The van der Waals surface area contributed by atoms with Gasteiger partial charge in [0.05, 0.1) is 17.1 Å². The molecule has 2 rings (SSSR count). The number of hydrogen-bond acceptors (Lipinski definition) is 3. The van der Waals surface area contributed by atoms with Crippen molar-refractivity contribution in [3.63, 3.8) is 0 Å². The third-order valence-corrected chi connectivity index (χ3v) is 4.42. The van der Waals surface area contributed by atoms with Crippen LogP contribution in [0.15, 0.2) is 28.1 Å². The monoisotopic (exact) mass is 421 g/mol. The van der Waals surface area contributed by atoms with E-state index in [-0.39, 0.29) is 5.78 Å². The minimum atomic E-state index is 0.0979. The first-order valence-corrected chi connectivity index (χ1v) is 7.70. The molecule has 0 spiro atoms. The predicted molar refractivity (Wildman–Crippen MR) is 81.7 cm³/mol. The van der Waals surface area contributed by atoms with E-state index in [1.54, 1.807) is 11.3 Å². The molecule has 0 radical (unpaired) electrons. The number of halogens is 2. The van der Waals surface area contributed by atoms with Gasteiger partial charge < -0.3 is 0 Å². The van der Waals surface area contributed by atoms with Gasteiger partial charge in [-0.3, -0.25) is 4.79 Å². The van der Waals surface area contributed by atoms with Gasteiger partial charge in [0.1, 0.15) is 0 Å². The SMILES string of the molecule is Cc1nc(CC(=O)c2cc(I)ccc2Br)cs1. The number of benzene rings is 1. The fourth-order valence-electron chi connectivity index (χ4n) is 1.46. The Hall–Kier alpha value is -0.270. The molecule has 0 saturated heterocycles. The number of aryl methyl sites for hydroxylation is 1. The summed E-state index contributed by atoms with van der Waals surface area (Å²) in [6.45, 7) is 1.94. The summed E-state index contributed by atoms with van der Waals surface area (Å²) in [5, 5.41) is 2.93. The van der Waals surface area contributed by atoms with Crippen LogP contribution in [0.3, 0.4) is 0 Å². The number of Topliss-reactive ketones (excluding diaryl/α,β-unsaturated/α-hetero) is 1. The van der Waals surface area contributed by atoms with Crippen LogP contribution < -0.4 is 0 Å². The Bertz CT molecular complexity index is 567. The molecule has 0 fully saturated rings. The van der Waals surface area contributed by atoms with Crippen molar-refractivity contribution < 1.29 is 4.79 Å². The Balaban J connectivity index is 2.22. The van der Waals surface area contributed by atoms with E-state index in [0.29, 0.717) is 6.42 Å². The smallest absolute Gasteiger partial charge is 0.170 e. The molecule has 2 nitrogen and oxygen atoms in total. The van der Waals surface area contributed by atoms with E-state index in [1.807, 2.05) is 30.5 Å². The Morgan fingerprint density at radius 2 is 2.29 bits per heavy atom. The van der Waals surface area contributed by atoms with E-state index in [4.69, 9.17) is 0 Å². The molecule has 0 amide bonds. The summed E-state index contributed by atoms with van der Waals surface area (Å²) in [6.07, 6.45) is 0.364. The van der Waals surface area contributed by atoms with E-state index in [9.17, 15) is 4.79 Å². The van der Waals surface area contributed by atoms with Gasteiger partial charge in [-0.25, -0.2) is 4.98 Å². The van der Waals surface area contributed by atoms with Crippen molar-refractivity contribution in [3.05, 3.63) is 47.9 Å². The van der Waals surface area contributed by atoms with Crippen molar-refractivity contribution in [3.8, 4) is 0 Å². The summed E-state index contributed by atoms with van der Waals surface area (Å²) < 4.78 is 1.90. The number of rotatable bonds is 3. The number of thiazole rings is 1. The highest BCUT2D eigenvalue weighted by Gasteiger charge is 2.12. The third-order valence-electron chi connectivity index (χ3n) is 2.24. The van der Waals surface area contributed by atoms with Crippen LogP contribution in [0.2, 0.25) is 0 Å². The maximum absolute atomic E-state index is 12.1. The van der Waals surface area contributed by atoms with Crippen molar-refractivity contribution in [1.29, 1.82) is 0 Å². The second kappa shape index (κ2) is 5.58. The van der Waals surface area contributed by atoms with Crippen molar-refractivity contribution in [1.82, 2.24) is 4.98 Å². The molecule has 0 aliphatic rings. The molecule has 88 valence electrons. The van der Waals surface area contributed by atoms with Gasteiger partial charge in [-0.1, -0.05) is 15.9 Å². The maximum Gasteiger partial charge on any atom is 0.170 e. The van der Waals surface area contributed by atoms with E-state index in [1.165, 1.54) is 0 Å². The number of hydrogen-bond donors (Lipinski definition) is 0. The quantitative estimate of drug-likeness (QED) is 0.547. The van der Waals surface area contributed by atoms with Crippen LogP contribution in [0.5, 0.6) is 0 Å². The largest absolute Gasteiger partial charge is 0.294 e. The highest BCUT2D eigenvalue weighted by Crippen LogP contribution is 2.21. The lowest BCUT2D eigenvalue weighted by Crippen LogP contribution is -2.05. The normalized spacial score (nSPS) is 10.5. The Morgan fingerprint density at radius 3 is 2.94 bits per heavy atom. The molecular formula is C12H9BrINOS. The molecule has 2 aromatic rings. The van der Waals surface area contributed by atoms with Gasteiger partial charge in [0.25, 0.3) is 0 Å². The van der Waals surface area contributed by atoms with Crippen LogP contribution in [0.4, 0.5) is 0 Å². The van der Waals surface area contributed by atoms with E-state index in [0.717, 1.165) is 24.3 Å². The summed E-state index contributed by atoms with van der Waals surface area (Å²) in [4.78, 5) is 16.4. The van der Waals surface area contributed by atoms with E-state index in [2.05, 4.69) is 43.5 Å². The molecule has 0 N–H and O–H groups in total. The van der Waals surface area contributed by atoms with E-state index >= 15 is 0 Å². The average molecular weight is 422 g/mol. The Labute approximate surface area is 126 Å². The van der Waals surface area contributed by atoms with Crippen LogP contribution in [0, 0.1) is 10.5 Å². The van der Waals surface area contributed by atoms with Crippen LogP contribution in [0.1, 0.15) is 21.1 Å². The van der Waals surface area contributed by atoms with Crippen molar-refractivity contribution in [2.75, 3.05) is 0 Å². The zero-order valence-corrected chi connectivity index (χ0v) is 13.6. The zero-order chi connectivity index (χ0) is 12.4. The lowest BCUT2D eigenvalue weighted by Gasteiger charge is -2.03. The number of nitrogens with zero attached hydrogens (tertiary/aromatic N) is 1. The van der Waals surface area contributed by atoms with Gasteiger partial charge in [-0.15, -0.1) is 11.3 Å². The second-order valence-electron chi connectivity index (χ2n) is 3.58. The maximum atomic E-state index is 12.1. The molecular weight excluding hydrogens is 413 g/mol. The molecule has 0 aliphatic carbocycles. The van der Waals surface area contributed by atoms with Crippen molar-refractivity contribution in [2.24, 2.45) is 0 Å². The van der Waals surface area contributed by atoms with Crippen molar-refractivity contribution >= 4 is 55.6 Å². The first-order chi connectivity index (χ1) is 8.06. The zero-order valence-electron chi connectivity index (χ0n) is 9.04. The number of carbonyl (C=O) groups excluding carboxylic acids is 1. The summed E-state index contributed by atoms with van der Waals surface area (Å²) in [5.41, 5.74) is 1.57. The van der Waals surface area contributed by atoms with Crippen LogP contribution >= 0.6 is 49.9 Å². The molecule has 17 heavy (non-hydrogen) atoms. The fraction of sp³-hybridized carbons (Fsp3) is 0.167. The lowest BCUT2D eigenvalue weighted by molar-refractivity contribution is 0.0991. The highest BCUT2D eigenvalue weighted by molar-refractivity contribution is 14.1. The van der Waals surface area contributed by atoms with Gasteiger partial charge in [0.2, 0.25) is 0 Å². The van der Waals surface area contributed by atoms with Gasteiger partial charge in [0, 0.05) is 19.0 Å². The molecule has 0 aliphatic heterocycles. The summed E-state index contributed by atoms with van der Waals surface area (Å²) in [7, 11) is 0. The van der Waals surface area contributed by atoms with Crippen molar-refractivity contribution in [2.45, 2.75) is 13.3 Å². The van der Waals surface area contributed by atoms with E-state index < -0.39 is 0 Å².